The number of nitrogens with one attached hydrogen (secondary N) is 1. The summed E-state index contributed by atoms with van der Waals surface area (Å²) in [6.07, 6.45) is 0.543. The number of benzene rings is 2. The molecule has 7 nitrogen and oxygen atoms in total. The minimum Gasteiger partial charge on any atom is -0.491 e. The van der Waals surface area contributed by atoms with Crippen molar-refractivity contribution in [2.45, 2.75) is 6.42 Å². The van der Waals surface area contributed by atoms with Crippen LogP contribution < -0.4 is 10.1 Å². The Hall–Kier alpha value is -3.26. The van der Waals surface area contributed by atoms with E-state index in [-0.39, 0.29) is 24.2 Å². The Bertz CT molecular complexity index is 990. The summed E-state index contributed by atoms with van der Waals surface area (Å²) in [5.74, 6) is 0.417. The number of carbonyl (C=O) groups is 3. The van der Waals surface area contributed by atoms with Crippen molar-refractivity contribution in [3.8, 4) is 5.75 Å². The van der Waals surface area contributed by atoms with Gasteiger partial charge in [0.1, 0.15) is 16.4 Å². The maximum absolute atomic E-state index is 12.6. The van der Waals surface area contributed by atoms with Gasteiger partial charge >= 0.3 is 0 Å². The quantitative estimate of drug-likeness (QED) is 0.447. The number of para-hydroxylation sites is 1. The molecule has 1 saturated heterocycles. The fourth-order valence-electron chi connectivity index (χ4n) is 3.07. The lowest BCUT2D eigenvalue weighted by molar-refractivity contribution is -0.115. The first kappa shape index (κ1) is 19.1. The van der Waals surface area contributed by atoms with Gasteiger partial charge in [-0.3, -0.25) is 19.7 Å². The number of nitrogens with zero attached hydrogens (tertiary/aromatic N) is 1. The molecule has 0 saturated carbocycles. The van der Waals surface area contributed by atoms with Crippen LogP contribution in [0.3, 0.4) is 0 Å². The monoisotopic (exact) mass is 410 g/mol. The van der Waals surface area contributed by atoms with Crippen molar-refractivity contribution >= 4 is 34.6 Å². The van der Waals surface area contributed by atoms with Gasteiger partial charge in [-0.25, -0.2) is 0 Å². The standard InChI is InChI=1S/C21H18N2O5S/c24-19-18(29-21(26)22-19)17(14-7-2-1-3-8-14)27-12-6-11-23-13-28-16-10-5-4-9-15(16)20(23)25/h1-5,7-10H,6,11-13H2,(H,22,24,26). The summed E-state index contributed by atoms with van der Waals surface area (Å²) in [4.78, 5) is 38.0. The molecule has 2 aliphatic rings. The highest BCUT2D eigenvalue weighted by Gasteiger charge is 2.30. The summed E-state index contributed by atoms with van der Waals surface area (Å²) in [5.41, 5.74) is 1.26. The number of rotatable bonds is 6. The molecule has 0 radical (unpaired) electrons. The van der Waals surface area contributed by atoms with Gasteiger partial charge in [-0.2, -0.15) is 0 Å². The number of amides is 3. The second kappa shape index (κ2) is 8.40. The second-order valence-electron chi connectivity index (χ2n) is 6.41. The highest BCUT2D eigenvalue weighted by atomic mass is 32.2. The van der Waals surface area contributed by atoms with Gasteiger partial charge in [0, 0.05) is 12.1 Å². The molecule has 29 heavy (non-hydrogen) atoms. The molecule has 148 valence electrons. The number of ether oxygens (including phenoxy) is 2. The molecule has 2 aromatic carbocycles. The van der Waals surface area contributed by atoms with Crippen molar-refractivity contribution in [3.63, 3.8) is 0 Å². The van der Waals surface area contributed by atoms with Crippen LogP contribution in [0.2, 0.25) is 0 Å². The molecule has 4 rings (SSSR count). The van der Waals surface area contributed by atoms with Crippen molar-refractivity contribution in [3.05, 3.63) is 70.6 Å². The first-order chi connectivity index (χ1) is 14.1. The average Bonchev–Trinajstić information content (AvgIpc) is 3.08. The van der Waals surface area contributed by atoms with E-state index in [1.807, 2.05) is 36.4 Å². The molecular formula is C21H18N2O5S. The summed E-state index contributed by atoms with van der Waals surface area (Å²) in [6, 6.07) is 16.3. The van der Waals surface area contributed by atoms with Crippen LogP contribution in [0.25, 0.3) is 5.76 Å². The Balaban J connectivity index is 1.41. The van der Waals surface area contributed by atoms with E-state index in [0.29, 0.717) is 35.6 Å². The van der Waals surface area contributed by atoms with Crippen LogP contribution in [0.15, 0.2) is 59.5 Å². The fourth-order valence-corrected chi connectivity index (χ4v) is 3.82. The molecule has 0 aliphatic carbocycles. The molecule has 0 aromatic heterocycles. The van der Waals surface area contributed by atoms with Crippen LogP contribution in [-0.2, 0) is 9.53 Å². The smallest absolute Gasteiger partial charge is 0.291 e. The minimum atomic E-state index is -0.463. The lowest BCUT2D eigenvalue weighted by Crippen LogP contribution is -2.39. The Kier molecular flexibility index (Phi) is 5.53. The van der Waals surface area contributed by atoms with Gasteiger partial charge in [-0.1, -0.05) is 42.5 Å². The zero-order valence-corrected chi connectivity index (χ0v) is 16.2. The van der Waals surface area contributed by atoms with Gasteiger partial charge in [0.2, 0.25) is 0 Å². The van der Waals surface area contributed by atoms with Crippen LogP contribution in [-0.4, -0.2) is 41.8 Å². The van der Waals surface area contributed by atoms with E-state index in [1.165, 1.54) is 0 Å². The van der Waals surface area contributed by atoms with Crippen LogP contribution in [0.5, 0.6) is 5.75 Å². The zero-order valence-electron chi connectivity index (χ0n) is 15.4. The molecule has 0 spiro atoms. The molecule has 0 unspecified atom stereocenters. The van der Waals surface area contributed by atoms with Crippen molar-refractivity contribution < 1.29 is 23.9 Å². The molecule has 1 fully saturated rings. The van der Waals surface area contributed by atoms with Gasteiger partial charge in [0.25, 0.3) is 17.1 Å². The SMILES string of the molecule is O=C1NC(=O)C(=C(OCCCN2COc3ccccc3C2=O)c2ccccc2)S1. The molecule has 1 N–H and O–H groups in total. The Morgan fingerprint density at radius 2 is 1.83 bits per heavy atom. The van der Waals surface area contributed by atoms with Gasteiger partial charge in [-0.05, 0) is 30.3 Å². The molecule has 8 heteroatoms. The number of thioether (sulfide) groups is 1. The molecule has 2 aromatic rings. The van der Waals surface area contributed by atoms with Gasteiger partial charge in [0.15, 0.2) is 6.73 Å². The van der Waals surface area contributed by atoms with E-state index >= 15 is 0 Å². The van der Waals surface area contributed by atoms with Crippen LogP contribution in [0.1, 0.15) is 22.3 Å². The highest BCUT2D eigenvalue weighted by molar-refractivity contribution is 8.18. The molecule has 2 aliphatic heterocycles. The maximum atomic E-state index is 12.6. The number of hydrogen-bond donors (Lipinski definition) is 1. The van der Waals surface area contributed by atoms with Crippen LogP contribution >= 0.6 is 11.8 Å². The topological polar surface area (TPSA) is 84.9 Å². The fraction of sp³-hybridized carbons (Fsp3) is 0.190. The number of carbonyl (C=O) groups excluding carboxylic acids is 3. The van der Waals surface area contributed by atoms with Crippen LogP contribution in [0, 0.1) is 0 Å². The van der Waals surface area contributed by atoms with Crippen molar-refractivity contribution in [2.24, 2.45) is 0 Å². The Morgan fingerprint density at radius 1 is 1.07 bits per heavy atom. The zero-order chi connectivity index (χ0) is 20.2. The van der Waals surface area contributed by atoms with E-state index in [2.05, 4.69) is 5.32 Å². The summed E-state index contributed by atoms with van der Waals surface area (Å²) >= 11 is 0.826. The van der Waals surface area contributed by atoms with Gasteiger partial charge in [-0.15, -0.1) is 0 Å². The number of hydrogen-bond acceptors (Lipinski definition) is 6. The third-order valence-corrected chi connectivity index (χ3v) is 5.32. The lowest BCUT2D eigenvalue weighted by Gasteiger charge is -2.28. The Morgan fingerprint density at radius 3 is 2.59 bits per heavy atom. The van der Waals surface area contributed by atoms with Gasteiger partial charge < -0.3 is 14.4 Å². The third-order valence-electron chi connectivity index (χ3n) is 4.46. The van der Waals surface area contributed by atoms with Crippen LogP contribution in [0.4, 0.5) is 4.79 Å². The average molecular weight is 410 g/mol. The molecule has 3 amide bonds. The number of imide groups is 1. The van der Waals surface area contributed by atoms with E-state index in [1.54, 1.807) is 23.1 Å². The molecular weight excluding hydrogens is 392 g/mol. The predicted molar refractivity (Wildman–Crippen MR) is 108 cm³/mol. The number of fused-ring (bicyclic) bond motifs is 1. The highest BCUT2D eigenvalue weighted by Crippen LogP contribution is 2.32. The summed E-state index contributed by atoms with van der Waals surface area (Å²) in [7, 11) is 0. The summed E-state index contributed by atoms with van der Waals surface area (Å²) in [5, 5.41) is 1.83. The maximum Gasteiger partial charge on any atom is 0.291 e. The van der Waals surface area contributed by atoms with E-state index in [9.17, 15) is 14.4 Å². The van der Waals surface area contributed by atoms with Crippen molar-refractivity contribution in [2.75, 3.05) is 19.9 Å². The van der Waals surface area contributed by atoms with E-state index in [0.717, 1.165) is 11.8 Å². The lowest BCUT2D eigenvalue weighted by atomic mass is 10.1. The van der Waals surface area contributed by atoms with Crippen molar-refractivity contribution in [1.82, 2.24) is 10.2 Å². The first-order valence-electron chi connectivity index (χ1n) is 9.10. The van der Waals surface area contributed by atoms with Gasteiger partial charge in [0.05, 0.1) is 12.2 Å². The first-order valence-corrected chi connectivity index (χ1v) is 9.92. The molecule has 0 bridgehead atoms. The summed E-state index contributed by atoms with van der Waals surface area (Å²) in [6.45, 7) is 0.916. The molecule has 0 atom stereocenters. The van der Waals surface area contributed by atoms with E-state index in [4.69, 9.17) is 9.47 Å². The largest absolute Gasteiger partial charge is 0.491 e. The van der Waals surface area contributed by atoms with Crippen molar-refractivity contribution in [1.29, 1.82) is 0 Å². The second-order valence-corrected chi connectivity index (χ2v) is 7.39. The van der Waals surface area contributed by atoms with E-state index < -0.39 is 11.1 Å². The Labute approximate surface area is 171 Å². The normalized spacial score (nSPS) is 17.5. The predicted octanol–water partition coefficient (Wildman–Crippen LogP) is 3.24. The molecule has 2 heterocycles. The minimum absolute atomic E-state index is 0.0789. The summed E-state index contributed by atoms with van der Waals surface area (Å²) < 4.78 is 11.5. The third kappa shape index (κ3) is 4.12.